The highest BCUT2D eigenvalue weighted by atomic mass is 35.5. The van der Waals surface area contributed by atoms with E-state index in [1.165, 1.54) is 6.08 Å². The molecular weight excluding hydrogens is 336 g/mol. The minimum Gasteiger partial charge on any atom is -0.489 e. The first-order valence-corrected chi connectivity index (χ1v) is 7.99. The first-order chi connectivity index (χ1) is 12.1. The van der Waals surface area contributed by atoms with E-state index in [9.17, 15) is 4.79 Å². The number of amides is 1. The smallest absolute Gasteiger partial charge is 0.262 e. The molecule has 2 aromatic rings. The predicted octanol–water partition coefficient (Wildman–Crippen LogP) is 4.13. The number of ether oxygens (including phenoxy) is 1. The van der Waals surface area contributed by atoms with Gasteiger partial charge in [-0.1, -0.05) is 48.0 Å². The van der Waals surface area contributed by atoms with Crippen molar-refractivity contribution < 1.29 is 9.53 Å². The second kappa shape index (κ2) is 9.31. The second-order valence-electron chi connectivity index (χ2n) is 5.12. The second-order valence-corrected chi connectivity index (χ2v) is 5.53. The molecule has 1 N–H and O–H groups in total. The molecule has 0 aromatic heterocycles. The molecule has 1 amide bonds. The first kappa shape index (κ1) is 18.3. The van der Waals surface area contributed by atoms with E-state index in [1.54, 1.807) is 36.4 Å². The standard InChI is InChI=1S/C20H17ClN2O2/c1-2-10-23-20(24)17(13-22)11-15-6-5-8-18(12-15)25-14-16-7-3-4-9-19(16)21/h2-9,11-12H,1,10,14H2,(H,23,24)/b17-11+. The SMILES string of the molecule is C=CCNC(=O)/C(C#N)=C/c1cccc(OCc2ccccc2Cl)c1. The van der Waals surface area contributed by atoms with E-state index in [0.717, 1.165) is 5.56 Å². The van der Waals surface area contributed by atoms with Crippen LogP contribution in [0.2, 0.25) is 5.02 Å². The van der Waals surface area contributed by atoms with Gasteiger partial charge < -0.3 is 10.1 Å². The van der Waals surface area contributed by atoms with E-state index in [-0.39, 0.29) is 5.57 Å². The van der Waals surface area contributed by atoms with Crippen LogP contribution >= 0.6 is 11.6 Å². The van der Waals surface area contributed by atoms with Crippen LogP contribution in [0.5, 0.6) is 5.75 Å². The minimum atomic E-state index is -0.440. The summed E-state index contributed by atoms with van der Waals surface area (Å²) in [6, 6.07) is 16.5. The van der Waals surface area contributed by atoms with Crippen molar-refractivity contribution in [2.75, 3.05) is 6.54 Å². The molecule has 0 saturated heterocycles. The summed E-state index contributed by atoms with van der Waals surface area (Å²) >= 11 is 6.11. The van der Waals surface area contributed by atoms with Crippen molar-refractivity contribution in [2.24, 2.45) is 0 Å². The number of hydrogen-bond donors (Lipinski definition) is 1. The highest BCUT2D eigenvalue weighted by Gasteiger charge is 2.08. The zero-order valence-corrected chi connectivity index (χ0v) is 14.3. The van der Waals surface area contributed by atoms with Crippen LogP contribution in [-0.2, 0) is 11.4 Å². The van der Waals surface area contributed by atoms with E-state index in [4.69, 9.17) is 21.6 Å². The van der Waals surface area contributed by atoms with Gasteiger partial charge in [-0.3, -0.25) is 4.79 Å². The topological polar surface area (TPSA) is 62.1 Å². The first-order valence-electron chi connectivity index (χ1n) is 7.61. The van der Waals surface area contributed by atoms with E-state index >= 15 is 0 Å². The molecule has 25 heavy (non-hydrogen) atoms. The quantitative estimate of drug-likeness (QED) is 0.463. The van der Waals surface area contributed by atoms with Crippen LogP contribution in [0.1, 0.15) is 11.1 Å². The van der Waals surface area contributed by atoms with Crippen LogP contribution in [0.15, 0.2) is 66.8 Å². The average Bonchev–Trinajstić information content (AvgIpc) is 2.64. The summed E-state index contributed by atoms with van der Waals surface area (Å²) in [6.45, 7) is 4.16. The van der Waals surface area contributed by atoms with Gasteiger partial charge in [0, 0.05) is 17.1 Å². The maximum absolute atomic E-state index is 11.9. The summed E-state index contributed by atoms with van der Waals surface area (Å²) < 4.78 is 5.74. The Morgan fingerprint density at radius 2 is 2.08 bits per heavy atom. The lowest BCUT2D eigenvalue weighted by molar-refractivity contribution is -0.116. The zero-order chi connectivity index (χ0) is 18.1. The maximum Gasteiger partial charge on any atom is 0.262 e. The molecule has 2 aromatic carbocycles. The Hall–Kier alpha value is -3.03. The number of rotatable bonds is 7. The average molecular weight is 353 g/mol. The fraction of sp³-hybridized carbons (Fsp3) is 0.100. The van der Waals surface area contributed by atoms with Crippen molar-refractivity contribution >= 4 is 23.6 Å². The fourth-order valence-corrected chi connectivity index (χ4v) is 2.24. The van der Waals surface area contributed by atoms with Crippen molar-refractivity contribution in [3.63, 3.8) is 0 Å². The van der Waals surface area contributed by atoms with Crippen LogP contribution in [0.3, 0.4) is 0 Å². The number of nitrogens with zero attached hydrogens (tertiary/aromatic N) is 1. The minimum absolute atomic E-state index is 0.0186. The Balaban J connectivity index is 2.11. The number of carbonyl (C=O) groups is 1. The van der Waals surface area contributed by atoms with Gasteiger partial charge >= 0.3 is 0 Å². The Morgan fingerprint density at radius 1 is 1.28 bits per heavy atom. The van der Waals surface area contributed by atoms with Gasteiger partial charge in [-0.25, -0.2) is 0 Å². The van der Waals surface area contributed by atoms with Crippen LogP contribution < -0.4 is 10.1 Å². The van der Waals surface area contributed by atoms with Gasteiger partial charge in [0.25, 0.3) is 5.91 Å². The fourth-order valence-electron chi connectivity index (χ4n) is 2.05. The highest BCUT2D eigenvalue weighted by molar-refractivity contribution is 6.31. The predicted molar refractivity (Wildman–Crippen MR) is 99.0 cm³/mol. The molecule has 0 fully saturated rings. The van der Waals surface area contributed by atoms with Gasteiger partial charge in [0.05, 0.1) is 0 Å². The maximum atomic E-state index is 11.9. The number of benzene rings is 2. The Labute approximate surface area is 152 Å². The van der Waals surface area contributed by atoms with Crippen LogP contribution in [0.4, 0.5) is 0 Å². The molecule has 0 aliphatic heterocycles. The molecule has 0 aliphatic carbocycles. The number of nitrogens with one attached hydrogen (secondary N) is 1. The van der Waals surface area contributed by atoms with E-state index < -0.39 is 5.91 Å². The molecule has 126 valence electrons. The summed E-state index contributed by atoms with van der Waals surface area (Å²) in [5, 5.41) is 12.4. The van der Waals surface area contributed by atoms with Gasteiger partial charge in [0.15, 0.2) is 0 Å². The summed E-state index contributed by atoms with van der Waals surface area (Å²) in [7, 11) is 0. The molecular formula is C20H17ClN2O2. The molecule has 4 nitrogen and oxygen atoms in total. The highest BCUT2D eigenvalue weighted by Crippen LogP contribution is 2.20. The molecule has 5 heteroatoms. The van der Waals surface area contributed by atoms with Crippen molar-refractivity contribution in [3.8, 4) is 11.8 Å². The molecule has 0 aliphatic rings. The molecule has 2 rings (SSSR count). The lowest BCUT2D eigenvalue weighted by Gasteiger charge is -2.08. The van der Waals surface area contributed by atoms with E-state index in [1.807, 2.05) is 24.3 Å². The van der Waals surface area contributed by atoms with Crippen molar-refractivity contribution in [1.29, 1.82) is 5.26 Å². The third-order valence-electron chi connectivity index (χ3n) is 3.29. The van der Waals surface area contributed by atoms with Crippen LogP contribution in [-0.4, -0.2) is 12.5 Å². The number of nitriles is 1. The summed E-state index contributed by atoms with van der Waals surface area (Å²) in [5.74, 6) is 0.183. The van der Waals surface area contributed by atoms with Crippen LogP contribution in [0, 0.1) is 11.3 Å². The Bertz CT molecular complexity index is 838. The lowest BCUT2D eigenvalue weighted by atomic mass is 10.1. The normalized spacial score (nSPS) is 10.6. The molecule has 0 saturated carbocycles. The van der Waals surface area contributed by atoms with Crippen molar-refractivity contribution in [3.05, 3.63) is 82.9 Å². The lowest BCUT2D eigenvalue weighted by Crippen LogP contribution is -2.24. The number of halogens is 1. The summed E-state index contributed by atoms with van der Waals surface area (Å²) in [4.78, 5) is 11.9. The zero-order valence-electron chi connectivity index (χ0n) is 13.5. The van der Waals surface area contributed by atoms with Gasteiger partial charge in [-0.15, -0.1) is 6.58 Å². The monoisotopic (exact) mass is 352 g/mol. The summed E-state index contributed by atoms with van der Waals surface area (Å²) in [5.41, 5.74) is 1.60. The molecule has 0 heterocycles. The largest absolute Gasteiger partial charge is 0.489 e. The molecule has 0 radical (unpaired) electrons. The van der Waals surface area contributed by atoms with E-state index in [0.29, 0.717) is 29.5 Å². The number of hydrogen-bond acceptors (Lipinski definition) is 3. The third-order valence-corrected chi connectivity index (χ3v) is 3.66. The van der Waals surface area contributed by atoms with E-state index in [2.05, 4.69) is 11.9 Å². The molecule has 0 bridgehead atoms. The molecule has 0 atom stereocenters. The molecule has 0 spiro atoms. The van der Waals surface area contributed by atoms with Crippen molar-refractivity contribution in [1.82, 2.24) is 5.32 Å². The van der Waals surface area contributed by atoms with Gasteiger partial charge in [0.1, 0.15) is 24.0 Å². The van der Waals surface area contributed by atoms with Crippen LogP contribution in [0.25, 0.3) is 6.08 Å². The Morgan fingerprint density at radius 3 is 2.80 bits per heavy atom. The van der Waals surface area contributed by atoms with Crippen molar-refractivity contribution in [2.45, 2.75) is 6.61 Å². The summed E-state index contributed by atoms with van der Waals surface area (Å²) in [6.07, 6.45) is 3.07. The third kappa shape index (κ3) is 5.52. The van der Waals surface area contributed by atoms with Gasteiger partial charge in [-0.05, 0) is 29.8 Å². The van der Waals surface area contributed by atoms with Gasteiger partial charge in [-0.2, -0.15) is 5.26 Å². The number of carbonyl (C=O) groups excluding carboxylic acids is 1. The Kier molecular flexibility index (Phi) is 6.82. The van der Waals surface area contributed by atoms with Gasteiger partial charge in [0.2, 0.25) is 0 Å². The molecule has 0 unspecified atom stereocenters.